The first-order chi connectivity index (χ1) is 6.63. The minimum atomic E-state index is -0.625. The van der Waals surface area contributed by atoms with Crippen molar-refractivity contribution in [1.82, 2.24) is 0 Å². The lowest BCUT2D eigenvalue weighted by molar-refractivity contribution is -0.112. The quantitative estimate of drug-likeness (QED) is 0.665. The molecule has 0 aliphatic rings. The van der Waals surface area contributed by atoms with Crippen LogP contribution in [0.4, 0.5) is 0 Å². The molecule has 0 unspecified atom stereocenters. The van der Waals surface area contributed by atoms with Crippen LogP contribution in [0, 0.1) is 18.8 Å². The molecule has 0 heterocycles. The van der Waals surface area contributed by atoms with E-state index in [1.54, 1.807) is 19.2 Å². The highest BCUT2D eigenvalue weighted by Gasteiger charge is 1.96. The second-order valence-electron chi connectivity index (χ2n) is 2.80. The van der Waals surface area contributed by atoms with E-state index in [1.165, 1.54) is 0 Å². The van der Waals surface area contributed by atoms with Crippen LogP contribution in [0.5, 0.6) is 5.75 Å². The molecule has 0 saturated heterocycles. The number of nitrogens with two attached hydrogens (primary N) is 1. The molecular formula is C11H11NO2. The van der Waals surface area contributed by atoms with Crippen LogP contribution in [0.1, 0.15) is 11.1 Å². The van der Waals surface area contributed by atoms with E-state index >= 15 is 0 Å². The number of rotatable bonds is 1. The number of hydrogen-bond acceptors (Lipinski definition) is 2. The summed E-state index contributed by atoms with van der Waals surface area (Å²) >= 11 is 0. The van der Waals surface area contributed by atoms with Gasteiger partial charge >= 0.3 is 0 Å². The molecular weight excluding hydrogens is 178 g/mol. The maximum Gasteiger partial charge on any atom is 0.293 e. The maximum absolute atomic E-state index is 10.4. The molecule has 0 fully saturated rings. The van der Waals surface area contributed by atoms with Gasteiger partial charge in [0.25, 0.3) is 5.91 Å². The van der Waals surface area contributed by atoms with Crippen LogP contribution in [0.15, 0.2) is 18.2 Å². The first-order valence-electron chi connectivity index (χ1n) is 4.09. The maximum atomic E-state index is 10.4. The Morgan fingerprint density at radius 1 is 1.50 bits per heavy atom. The van der Waals surface area contributed by atoms with Gasteiger partial charge in [0.05, 0.1) is 7.11 Å². The molecule has 0 saturated carbocycles. The number of methoxy groups -OCH3 is 1. The van der Waals surface area contributed by atoms with Gasteiger partial charge in [0.15, 0.2) is 0 Å². The predicted octanol–water partition coefficient (Wildman–Crippen LogP) is 0.840. The van der Waals surface area contributed by atoms with Crippen molar-refractivity contribution in [2.24, 2.45) is 5.73 Å². The van der Waals surface area contributed by atoms with Crippen molar-refractivity contribution in [2.45, 2.75) is 6.92 Å². The smallest absolute Gasteiger partial charge is 0.293 e. The van der Waals surface area contributed by atoms with Crippen LogP contribution in [0.25, 0.3) is 0 Å². The van der Waals surface area contributed by atoms with E-state index in [9.17, 15) is 4.79 Å². The molecule has 1 amide bonds. The summed E-state index contributed by atoms with van der Waals surface area (Å²) < 4.78 is 5.04. The average molecular weight is 189 g/mol. The van der Waals surface area contributed by atoms with Crippen molar-refractivity contribution in [3.63, 3.8) is 0 Å². The summed E-state index contributed by atoms with van der Waals surface area (Å²) in [6.07, 6.45) is 0. The number of aryl methyl sites for hydroxylation is 1. The number of carbonyl (C=O) groups is 1. The lowest BCUT2D eigenvalue weighted by atomic mass is 10.1. The van der Waals surface area contributed by atoms with Crippen molar-refractivity contribution in [3.05, 3.63) is 29.3 Å². The molecule has 0 radical (unpaired) electrons. The Balaban J connectivity index is 3.02. The van der Waals surface area contributed by atoms with E-state index < -0.39 is 5.91 Å². The summed E-state index contributed by atoms with van der Waals surface area (Å²) in [5.41, 5.74) is 6.65. The third kappa shape index (κ3) is 2.53. The number of ether oxygens (including phenoxy) is 1. The highest BCUT2D eigenvalue weighted by Crippen LogP contribution is 2.15. The Labute approximate surface area is 82.9 Å². The zero-order chi connectivity index (χ0) is 10.6. The Hall–Kier alpha value is -1.95. The molecule has 0 aliphatic carbocycles. The fourth-order valence-corrected chi connectivity index (χ4v) is 1.03. The predicted molar refractivity (Wildman–Crippen MR) is 53.8 cm³/mol. The molecule has 72 valence electrons. The van der Waals surface area contributed by atoms with Gasteiger partial charge in [-0.05, 0) is 36.6 Å². The number of benzene rings is 1. The van der Waals surface area contributed by atoms with E-state index in [2.05, 4.69) is 11.8 Å². The molecule has 0 spiro atoms. The van der Waals surface area contributed by atoms with Crippen LogP contribution < -0.4 is 10.5 Å². The second-order valence-corrected chi connectivity index (χ2v) is 2.80. The molecule has 0 aromatic heterocycles. The summed E-state index contributed by atoms with van der Waals surface area (Å²) in [5, 5.41) is 0. The van der Waals surface area contributed by atoms with E-state index in [0.717, 1.165) is 16.9 Å². The fourth-order valence-electron chi connectivity index (χ4n) is 1.03. The molecule has 0 bridgehead atoms. The molecule has 3 nitrogen and oxygen atoms in total. The minimum absolute atomic E-state index is 0.625. The van der Waals surface area contributed by atoms with E-state index in [1.807, 2.05) is 13.0 Å². The second kappa shape index (κ2) is 4.33. The van der Waals surface area contributed by atoms with Crippen LogP contribution in [0.2, 0.25) is 0 Å². The number of amides is 1. The normalized spacial score (nSPS) is 8.71. The monoisotopic (exact) mass is 189 g/mol. The van der Waals surface area contributed by atoms with Crippen LogP contribution in [-0.4, -0.2) is 13.0 Å². The molecule has 14 heavy (non-hydrogen) atoms. The van der Waals surface area contributed by atoms with Crippen molar-refractivity contribution in [3.8, 4) is 17.6 Å². The van der Waals surface area contributed by atoms with Crippen molar-refractivity contribution >= 4 is 5.91 Å². The van der Waals surface area contributed by atoms with Crippen LogP contribution in [-0.2, 0) is 4.79 Å². The molecule has 1 aromatic rings. The Bertz CT molecular complexity index is 413. The summed E-state index contributed by atoms with van der Waals surface area (Å²) in [6, 6.07) is 5.44. The fraction of sp³-hybridized carbons (Fsp3) is 0.182. The van der Waals surface area contributed by atoms with Crippen LogP contribution >= 0.6 is 0 Å². The Morgan fingerprint density at radius 2 is 2.21 bits per heavy atom. The molecule has 0 aliphatic heterocycles. The Morgan fingerprint density at radius 3 is 2.71 bits per heavy atom. The Kier molecular flexibility index (Phi) is 3.14. The summed E-state index contributed by atoms with van der Waals surface area (Å²) in [6.45, 7) is 1.90. The minimum Gasteiger partial charge on any atom is -0.497 e. The summed E-state index contributed by atoms with van der Waals surface area (Å²) in [7, 11) is 1.60. The van der Waals surface area contributed by atoms with Gasteiger partial charge in [-0.2, -0.15) is 0 Å². The first-order valence-corrected chi connectivity index (χ1v) is 4.09. The molecule has 1 rings (SSSR count). The van der Waals surface area contributed by atoms with Gasteiger partial charge in [-0.3, -0.25) is 4.79 Å². The van der Waals surface area contributed by atoms with Gasteiger partial charge in [-0.1, -0.05) is 5.92 Å². The number of hydrogen-bond donors (Lipinski definition) is 1. The zero-order valence-electron chi connectivity index (χ0n) is 8.13. The average Bonchev–Trinajstić information content (AvgIpc) is 2.15. The molecule has 3 heteroatoms. The third-order valence-corrected chi connectivity index (χ3v) is 1.75. The lowest BCUT2D eigenvalue weighted by Crippen LogP contribution is -2.06. The largest absolute Gasteiger partial charge is 0.497 e. The van der Waals surface area contributed by atoms with Gasteiger partial charge in [0.2, 0.25) is 0 Å². The van der Waals surface area contributed by atoms with Crippen molar-refractivity contribution < 1.29 is 9.53 Å². The number of primary amides is 1. The highest BCUT2D eigenvalue weighted by atomic mass is 16.5. The lowest BCUT2D eigenvalue weighted by Gasteiger charge is -2.02. The van der Waals surface area contributed by atoms with E-state index in [4.69, 9.17) is 10.5 Å². The molecule has 0 atom stereocenters. The van der Waals surface area contributed by atoms with Gasteiger partial charge in [-0.25, -0.2) is 0 Å². The highest BCUT2D eigenvalue weighted by molar-refractivity contribution is 5.92. The molecule has 1 aromatic carbocycles. The first kappa shape index (κ1) is 10.1. The van der Waals surface area contributed by atoms with Gasteiger partial charge in [0.1, 0.15) is 5.75 Å². The summed E-state index contributed by atoms with van der Waals surface area (Å²) in [4.78, 5) is 10.4. The van der Waals surface area contributed by atoms with Crippen LogP contribution in [0.3, 0.4) is 0 Å². The standard InChI is InChI=1S/C11H11NO2/c1-8-7-10(14-2)5-3-9(8)4-6-11(12)13/h3,5,7H,1-2H3,(H2,12,13). The van der Waals surface area contributed by atoms with E-state index in [-0.39, 0.29) is 0 Å². The van der Waals surface area contributed by atoms with Crippen molar-refractivity contribution in [2.75, 3.05) is 7.11 Å². The zero-order valence-corrected chi connectivity index (χ0v) is 8.13. The SMILES string of the molecule is COc1ccc(C#CC(N)=O)c(C)c1. The van der Waals surface area contributed by atoms with Gasteiger partial charge in [-0.15, -0.1) is 0 Å². The number of carbonyl (C=O) groups excluding carboxylic acids is 1. The molecule has 2 N–H and O–H groups in total. The summed E-state index contributed by atoms with van der Waals surface area (Å²) in [5.74, 6) is 5.12. The van der Waals surface area contributed by atoms with Gasteiger partial charge in [0, 0.05) is 5.56 Å². The van der Waals surface area contributed by atoms with E-state index in [0.29, 0.717) is 0 Å². The van der Waals surface area contributed by atoms with Crippen molar-refractivity contribution in [1.29, 1.82) is 0 Å². The topological polar surface area (TPSA) is 52.3 Å². The third-order valence-electron chi connectivity index (χ3n) is 1.75. The van der Waals surface area contributed by atoms with Gasteiger partial charge < -0.3 is 10.5 Å².